The van der Waals surface area contributed by atoms with Gasteiger partial charge in [0, 0.05) is 0 Å². The molecule has 0 spiro atoms. The average Bonchev–Trinajstić information content (AvgIpc) is 2.94. The number of aromatic amines is 1. The maximum Gasteiger partial charge on any atom is 0.0931 e. The molecule has 0 fully saturated rings. The lowest BCUT2D eigenvalue weighted by Crippen LogP contribution is -1.94. The largest absolute Gasteiger partial charge is 0.345 e. The molecule has 1 aromatic heterocycles. The van der Waals surface area contributed by atoms with Gasteiger partial charge in [0.15, 0.2) is 0 Å². The van der Waals surface area contributed by atoms with Crippen molar-refractivity contribution in [3.63, 3.8) is 0 Å². The van der Waals surface area contributed by atoms with Crippen LogP contribution in [0.2, 0.25) is 0 Å². The number of imidazole rings is 1. The van der Waals surface area contributed by atoms with Crippen molar-refractivity contribution in [1.82, 2.24) is 9.97 Å². The first-order chi connectivity index (χ1) is 10.2. The van der Waals surface area contributed by atoms with Crippen molar-refractivity contribution in [3.05, 3.63) is 66.5 Å². The Balaban J connectivity index is 2.17. The highest BCUT2D eigenvalue weighted by atomic mass is 14.9. The molecule has 0 atom stereocenters. The van der Waals surface area contributed by atoms with E-state index in [9.17, 15) is 0 Å². The number of rotatable bonds is 4. The fourth-order valence-corrected chi connectivity index (χ4v) is 2.75. The maximum atomic E-state index is 4.37. The Labute approximate surface area is 125 Å². The number of hydrogen-bond donors (Lipinski definition) is 1. The smallest absolute Gasteiger partial charge is 0.0931 e. The topological polar surface area (TPSA) is 28.7 Å². The molecule has 0 amide bonds. The third kappa shape index (κ3) is 2.62. The first-order valence-electron chi connectivity index (χ1n) is 7.36. The SMILES string of the molecule is C=CCc1ccc(C(C)C)c(-c2ccc3[nH]cnc3c2)c1. The highest BCUT2D eigenvalue weighted by Gasteiger charge is 2.10. The van der Waals surface area contributed by atoms with Crippen molar-refractivity contribution in [2.24, 2.45) is 0 Å². The van der Waals surface area contributed by atoms with Gasteiger partial charge in [-0.25, -0.2) is 4.98 Å². The first-order valence-corrected chi connectivity index (χ1v) is 7.36. The van der Waals surface area contributed by atoms with Crippen molar-refractivity contribution in [1.29, 1.82) is 0 Å². The molecule has 0 unspecified atom stereocenters. The van der Waals surface area contributed by atoms with Gasteiger partial charge in [-0.05, 0) is 46.7 Å². The predicted molar refractivity (Wildman–Crippen MR) is 89.5 cm³/mol. The Bertz CT molecular complexity index is 781. The minimum Gasteiger partial charge on any atom is -0.345 e. The molecular formula is C19H20N2. The Morgan fingerprint density at radius 2 is 2.05 bits per heavy atom. The van der Waals surface area contributed by atoms with Crippen LogP contribution in [-0.2, 0) is 6.42 Å². The zero-order chi connectivity index (χ0) is 14.8. The van der Waals surface area contributed by atoms with Crippen molar-refractivity contribution < 1.29 is 0 Å². The van der Waals surface area contributed by atoms with Crippen LogP contribution in [0.3, 0.4) is 0 Å². The van der Waals surface area contributed by atoms with E-state index in [1.807, 2.05) is 6.08 Å². The molecule has 0 saturated carbocycles. The van der Waals surface area contributed by atoms with Crippen LogP contribution in [0.1, 0.15) is 30.9 Å². The molecule has 0 aliphatic carbocycles. The molecule has 106 valence electrons. The zero-order valence-corrected chi connectivity index (χ0v) is 12.6. The van der Waals surface area contributed by atoms with Gasteiger partial charge in [0.2, 0.25) is 0 Å². The van der Waals surface area contributed by atoms with E-state index in [1.54, 1.807) is 6.33 Å². The van der Waals surface area contributed by atoms with Gasteiger partial charge >= 0.3 is 0 Å². The second-order valence-electron chi connectivity index (χ2n) is 5.70. The molecule has 0 radical (unpaired) electrons. The van der Waals surface area contributed by atoms with Crippen LogP contribution in [0, 0.1) is 0 Å². The number of H-pyrrole nitrogens is 1. The van der Waals surface area contributed by atoms with Crippen molar-refractivity contribution in [3.8, 4) is 11.1 Å². The predicted octanol–water partition coefficient (Wildman–Crippen LogP) is 5.08. The lowest BCUT2D eigenvalue weighted by molar-refractivity contribution is 0.868. The van der Waals surface area contributed by atoms with Crippen LogP contribution in [0.4, 0.5) is 0 Å². The Morgan fingerprint density at radius 1 is 1.19 bits per heavy atom. The van der Waals surface area contributed by atoms with E-state index < -0.39 is 0 Å². The third-order valence-electron chi connectivity index (χ3n) is 3.85. The van der Waals surface area contributed by atoms with Gasteiger partial charge in [0.05, 0.1) is 17.4 Å². The lowest BCUT2D eigenvalue weighted by Gasteiger charge is -2.15. The van der Waals surface area contributed by atoms with E-state index in [1.165, 1.54) is 22.3 Å². The second kappa shape index (κ2) is 5.57. The molecular weight excluding hydrogens is 256 g/mol. The summed E-state index contributed by atoms with van der Waals surface area (Å²) in [6.45, 7) is 8.31. The van der Waals surface area contributed by atoms with E-state index in [2.05, 4.69) is 66.8 Å². The van der Waals surface area contributed by atoms with Crippen molar-refractivity contribution in [2.45, 2.75) is 26.2 Å². The third-order valence-corrected chi connectivity index (χ3v) is 3.85. The summed E-state index contributed by atoms with van der Waals surface area (Å²) in [7, 11) is 0. The molecule has 21 heavy (non-hydrogen) atoms. The summed E-state index contributed by atoms with van der Waals surface area (Å²) in [5, 5.41) is 0. The zero-order valence-electron chi connectivity index (χ0n) is 12.6. The van der Waals surface area contributed by atoms with E-state index in [-0.39, 0.29) is 0 Å². The maximum absolute atomic E-state index is 4.37. The van der Waals surface area contributed by atoms with E-state index >= 15 is 0 Å². The van der Waals surface area contributed by atoms with Crippen LogP contribution in [0.25, 0.3) is 22.2 Å². The summed E-state index contributed by atoms with van der Waals surface area (Å²) < 4.78 is 0. The molecule has 3 aromatic rings. The minimum absolute atomic E-state index is 0.493. The van der Waals surface area contributed by atoms with Crippen molar-refractivity contribution >= 4 is 11.0 Å². The summed E-state index contributed by atoms with van der Waals surface area (Å²) >= 11 is 0. The summed E-state index contributed by atoms with van der Waals surface area (Å²) in [6.07, 6.45) is 4.59. The molecule has 1 heterocycles. The van der Waals surface area contributed by atoms with Gasteiger partial charge in [-0.2, -0.15) is 0 Å². The Morgan fingerprint density at radius 3 is 2.81 bits per heavy atom. The lowest BCUT2D eigenvalue weighted by atomic mass is 9.90. The monoisotopic (exact) mass is 276 g/mol. The minimum atomic E-state index is 0.493. The van der Waals surface area contributed by atoms with Gasteiger partial charge in [-0.15, -0.1) is 6.58 Å². The van der Waals surface area contributed by atoms with Gasteiger partial charge in [-0.1, -0.05) is 44.2 Å². The fourth-order valence-electron chi connectivity index (χ4n) is 2.75. The van der Waals surface area contributed by atoms with Crippen LogP contribution >= 0.6 is 0 Å². The van der Waals surface area contributed by atoms with Gasteiger partial charge < -0.3 is 4.98 Å². The highest BCUT2D eigenvalue weighted by molar-refractivity contribution is 5.82. The first kappa shape index (κ1) is 13.6. The summed E-state index contributed by atoms with van der Waals surface area (Å²) in [4.78, 5) is 7.51. The number of nitrogens with zero attached hydrogens (tertiary/aromatic N) is 1. The summed E-state index contributed by atoms with van der Waals surface area (Å²) in [5.74, 6) is 0.493. The summed E-state index contributed by atoms with van der Waals surface area (Å²) in [5.41, 5.74) is 7.28. The van der Waals surface area contributed by atoms with Crippen molar-refractivity contribution in [2.75, 3.05) is 0 Å². The van der Waals surface area contributed by atoms with Crippen LogP contribution in [-0.4, -0.2) is 9.97 Å². The Hall–Kier alpha value is -2.35. The molecule has 0 aliphatic rings. The van der Waals surface area contributed by atoms with Crippen LogP contribution in [0.5, 0.6) is 0 Å². The standard InChI is InChI=1S/C19H20N2/c1-4-5-14-6-8-16(13(2)3)17(10-14)15-7-9-18-19(11-15)21-12-20-18/h4,6-13H,1,5H2,2-3H3,(H,20,21). The van der Waals surface area contributed by atoms with Gasteiger partial charge in [0.1, 0.15) is 0 Å². The van der Waals surface area contributed by atoms with Gasteiger partial charge in [-0.3, -0.25) is 0 Å². The number of hydrogen-bond acceptors (Lipinski definition) is 1. The van der Waals surface area contributed by atoms with Crippen LogP contribution in [0.15, 0.2) is 55.4 Å². The molecule has 2 aromatic carbocycles. The van der Waals surface area contributed by atoms with Crippen LogP contribution < -0.4 is 0 Å². The number of fused-ring (bicyclic) bond motifs is 1. The number of nitrogens with one attached hydrogen (secondary N) is 1. The molecule has 3 rings (SSSR count). The number of benzene rings is 2. The number of aromatic nitrogens is 2. The normalized spacial score (nSPS) is 11.2. The quantitative estimate of drug-likeness (QED) is 0.661. The highest BCUT2D eigenvalue weighted by Crippen LogP contribution is 2.31. The number of allylic oxidation sites excluding steroid dienone is 1. The molecule has 0 bridgehead atoms. The van der Waals surface area contributed by atoms with E-state index in [0.717, 1.165) is 17.5 Å². The average molecular weight is 276 g/mol. The molecule has 1 N–H and O–H groups in total. The van der Waals surface area contributed by atoms with E-state index in [4.69, 9.17) is 0 Å². The fraction of sp³-hybridized carbons (Fsp3) is 0.211. The Kier molecular flexibility index (Phi) is 3.61. The molecule has 0 aliphatic heterocycles. The molecule has 2 nitrogen and oxygen atoms in total. The van der Waals surface area contributed by atoms with E-state index in [0.29, 0.717) is 5.92 Å². The summed E-state index contributed by atoms with van der Waals surface area (Å²) in [6, 6.07) is 13.2. The molecule has 0 saturated heterocycles. The van der Waals surface area contributed by atoms with Gasteiger partial charge in [0.25, 0.3) is 0 Å². The second-order valence-corrected chi connectivity index (χ2v) is 5.70. The molecule has 2 heteroatoms.